The van der Waals surface area contributed by atoms with Gasteiger partial charge in [-0.1, -0.05) is 36.4 Å². The number of methoxy groups -OCH3 is 1. The lowest BCUT2D eigenvalue weighted by Gasteiger charge is -2.17. The van der Waals surface area contributed by atoms with Gasteiger partial charge in [-0.15, -0.1) is 0 Å². The van der Waals surface area contributed by atoms with Crippen LogP contribution in [0.5, 0.6) is 0 Å². The second-order valence-corrected chi connectivity index (χ2v) is 8.16. The summed E-state index contributed by atoms with van der Waals surface area (Å²) in [6.07, 6.45) is -0.168. The number of ether oxygens (including phenoxy) is 1. The highest BCUT2D eigenvalue weighted by Crippen LogP contribution is 2.45. The minimum atomic E-state index is -0.168. The van der Waals surface area contributed by atoms with Crippen molar-refractivity contribution in [1.82, 2.24) is 14.5 Å². The van der Waals surface area contributed by atoms with Gasteiger partial charge in [0.25, 0.3) is 5.91 Å². The molecule has 0 aliphatic carbocycles. The van der Waals surface area contributed by atoms with Crippen LogP contribution in [0.4, 0.5) is 0 Å². The Balaban J connectivity index is 2.01. The third kappa shape index (κ3) is 2.26. The number of carbonyl (C=O) groups excluding carboxylic acids is 1. The summed E-state index contributed by atoms with van der Waals surface area (Å²) < 4.78 is 10.4. The maximum atomic E-state index is 13.1. The molecule has 3 aromatic carbocycles. The number of rotatable bonds is 4. The van der Waals surface area contributed by atoms with Gasteiger partial charge in [0.05, 0.1) is 22.1 Å². The van der Waals surface area contributed by atoms with E-state index in [1.807, 2.05) is 12.1 Å². The quantitative estimate of drug-likeness (QED) is 0.463. The van der Waals surface area contributed by atoms with Gasteiger partial charge in [0.15, 0.2) is 0 Å². The Morgan fingerprint density at radius 3 is 2.42 bits per heavy atom. The number of hydrogen-bond donors (Lipinski definition) is 2. The molecule has 0 saturated carbocycles. The molecule has 0 fully saturated rings. The molecule has 1 aliphatic rings. The number of para-hydroxylation sites is 2. The highest BCUT2D eigenvalue weighted by Gasteiger charge is 2.32. The third-order valence-corrected chi connectivity index (χ3v) is 6.67. The molecule has 1 amide bonds. The second-order valence-electron chi connectivity index (χ2n) is 8.16. The van der Waals surface area contributed by atoms with Crippen molar-refractivity contribution in [2.45, 2.75) is 26.2 Å². The third-order valence-electron chi connectivity index (χ3n) is 6.67. The molecule has 156 valence electrons. The predicted molar refractivity (Wildman–Crippen MR) is 124 cm³/mol. The molecule has 0 saturated heterocycles. The molecule has 0 radical (unpaired) electrons. The number of carbonyl (C=O) groups is 1. The van der Waals surface area contributed by atoms with Crippen LogP contribution in [0.1, 0.15) is 29.1 Å². The Bertz CT molecular complexity index is 1530. The topological polar surface area (TPSA) is 74.2 Å². The molecule has 3 heterocycles. The highest BCUT2D eigenvalue weighted by molar-refractivity contribution is 6.30. The van der Waals surface area contributed by atoms with Gasteiger partial charge in [-0.25, -0.2) is 0 Å². The van der Waals surface area contributed by atoms with Crippen LogP contribution >= 0.6 is 0 Å². The van der Waals surface area contributed by atoms with Crippen LogP contribution in [0, 0.1) is 0 Å². The average Bonchev–Trinajstić information content (AvgIpc) is 3.44. The lowest BCUT2D eigenvalue weighted by Crippen LogP contribution is -2.13. The Labute approximate surface area is 179 Å². The molecule has 6 nitrogen and oxygen atoms in total. The first-order valence-corrected chi connectivity index (χ1v) is 10.7. The van der Waals surface area contributed by atoms with E-state index in [1.54, 1.807) is 7.11 Å². The molecule has 1 atom stereocenters. The molecule has 0 spiro atoms. The van der Waals surface area contributed by atoms with Crippen molar-refractivity contribution >= 4 is 49.5 Å². The monoisotopic (exact) mass is 412 g/mol. The van der Waals surface area contributed by atoms with Crippen molar-refractivity contribution < 1.29 is 9.53 Å². The van der Waals surface area contributed by atoms with Crippen LogP contribution in [-0.2, 0) is 17.8 Å². The molecular formula is C25H24N4O2. The van der Waals surface area contributed by atoms with Gasteiger partial charge >= 0.3 is 0 Å². The lowest BCUT2D eigenvalue weighted by molar-refractivity contribution is 0.0676. The van der Waals surface area contributed by atoms with Gasteiger partial charge < -0.3 is 24.9 Å². The summed E-state index contributed by atoms with van der Waals surface area (Å²) in [4.78, 5) is 13.1. The summed E-state index contributed by atoms with van der Waals surface area (Å²) in [6.45, 7) is 3.78. The fourth-order valence-corrected chi connectivity index (χ4v) is 5.41. The zero-order chi connectivity index (χ0) is 21.3. The minimum absolute atomic E-state index is 0.00540. The standard InChI is InChI=1S/C25H24N4O2/c1-14(31-2)29-19-10-6-4-8-16(19)20-17-13-27-25(30)22(17)21-15-7-3-5-9-18(15)28(12-11-26)23(21)24(20)29/h3-10,14H,11-13,26H2,1-2H3,(H,27,30). The first kappa shape index (κ1) is 18.4. The Hall–Kier alpha value is -3.35. The van der Waals surface area contributed by atoms with E-state index in [1.165, 1.54) is 0 Å². The zero-order valence-corrected chi connectivity index (χ0v) is 17.6. The number of amides is 1. The number of nitrogens with one attached hydrogen (secondary N) is 1. The van der Waals surface area contributed by atoms with Crippen molar-refractivity contribution in [3.8, 4) is 0 Å². The average molecular weight is 412 g/mol. The molecule has 6 heteroatoms. The summed E-state index contributed by atoms with van der Waals surface area (Å²) in [5.74, 6) is -0.00540. The van der Waals surface area contributed by atoms with E-state index < -0.39 is 0 Å². The molecule has 3 N–H and O–H groups in total. The summed E-state index contributed by atoms with van der Waals surface area (Å²) in [5.41, 5.74) is 12.3. The molecule has 6 rings (SSSR count). The summed E-state index contributed by atoms with van der Waals surface area (Å²) >= 11 is 0. The molecule has 31 heavy (non-hydrogen) atoms. The molecule has 2 aromatic heterocycles. The van der Waals surface area contributed by atoms with Crippen molar-refractivity contribution in [2.75, 3.05) is 13.7 Å². The van der Waals surface area contributed by atoms with Gasteiger partial charge in [0, 0.05) is 53.8 Å². The van der Waals surface area contributed by atoms with Crippen molar-refractivity contribution in [3.63, 3.8) is 0 Å². The summed E-state index contributed by atoms with van der Waals surface area (Å²) in [7, 11) is 1.73. The van der Waals surface area contributed by atoms with Crippen LogP contribution in [0.15, 0.2) is 48.5 Å². The molecular weight excluding hydrogens is 388 g/mol. The zero-order valence-electron chi connectivity index (χ0n) is 17.6. The smallest absolute Gasteiger partial charge is 0.252 e. The van der Waals surface area contributed by atoms with E-state index in [2.05, 4.69) is 57.8 Å². The normalized spacial score (nSPS) is 14.7. The number of fused-ring (bicyclic) bond motifs is 10. The molecule has 1 unspecified atom stereocenters. The fourth-order valence-electron chi connectivity index (χ4n) is 5.41. The van der Waals surface area contributed by atoms with Gasteiger partial charge in [0.1, 0.15) is 6.23 Å². The lowest BCUT2D eigenvalue weighted by atomic mass is 9.97. The van der Waals surface area contributed by atoms with E-state index >= 15 is 0 Å². The first-order valence-electron chi connectivity index (χ1n) is 10.7. The first-order chi connectivity index (χ1) is 15.2. The van der Waals surface area contributed by atoms with Crippen LogP contribution in [0.25, 0.3) is 43.6 Å². The number of aromatic nitrogens is 2. The van der Waals surface area contributed by atoms with Crippen molar-refractivity contribution in [1.29, 1.82) is 0 Å². The number of nitrogens with zero attached hydrogens (tertiary/aromatic N) is 2. The van der Waals surface area contributed by atoms with Crippen molar-refractivity contribution in [3.05, 3.63) is 59.7 Å². The van der Waals surface area contributed by atoms with Crippen molar-refractivity contribution in [2.24, 2.45) is 5.73 Å². The van der Waals surface area contributed by atoms with Gasteiger partial charge in [-0.05, 0) is 24.6 Å². The minimum Gasteiger partial charge on any atom is -0.362 e. The number of nitrogens with two attached hydrogens (primary N) is 1. The Morgan fingerprint density at radius 1 is 1.03 bits per heavy atom. The van der Waals surface area contributed by atoms with Gasteiger partial charge in [-0.2, -0.15) is 0 Å². The largest absolute Gasteiger partial charge is 0.362 e. The van der Waals surface area contributed by atoms with Crippen LogP contribution < -0.4 is 11.1 Å². The SMILES string of the molecule is COC(C)n1c2ccccc2c2c3c(c4c5ccccc5n(CCN)c4c21)C(=O)NC3. The van der Waals surface area contributed by atoms with E-state index in [0.29, 0.717) is 19.6 Å². The van der Waals surface area contributed by atoms with Crippen LogP contribution in [0.3, 0.4) is 0 Å². The highest BCUT2D eigenvalue weighted by atomic mass is 16.5. The molecule has 1 aliphatic heterocycles. The fraction of sp³-hybridized carbons (Fsp3) is 0.240. The number of hydrogen-bond acceptors (Lipinski definition) is 3. The van der Waals surface area contributed by atoms with Crippen LogP contribution in [-0.4, -0.2) is 28.7 Å². The van der Waals surface area contributed by atoms with Crippen LogP contribution in [0.2, 0.25) is 0 Å². The van der Waals surface area contributed by atoms with Gasteiger partial charge in [0.2, 0.25) is 0 Å². The van der Waals surface area contributed by atoms with Gasteiger partial charge in [-0.3, -0.25) is 4.79 Å². The Morgan fingerprint density at radius 2 is 1.71 bits per heavy atom. The number of benzene rings is 3. The Kier molecular flexibility index (Phi) is 3.91. The molecule has 5 aromatic rings. The second kappa shape index (κ2) is 6.57. The summed E-state index contributed by atoms with van der Waals surface area (Å²) in [6, 6.07) is 16.7. The maximum absolute atomic E-state index is 13.1. The maximum Gasteiger partial charge on any atom is 0.252 e. The molecule has 0 bridgehead atoms. The van der Waals surface area contributed by atoms with E-state index in [-0.39, 0.29) is 12.1 Å². The van der Waals surface area contributed by atoms with E-state index in [9.17, 15) is 4.79 Å². The predicted octanol–water partition coefficient (Wildman–Crippen LogP) is 4.27. The van der Waals surface area contributed by atoms with E-state index in [4.69, 9.17) is 10.5 Å². The summed E-state index contributed by atoms with van der Waals surface area (Å²) in [5, 5.41) is 7.44. The van der Waals surface area contributed by atoms with E-state index in [0.717, 1.165) is 54.7 Å².